The van der Waals surface area contributed by atoms with Gasteiger partial charge in [-0.05, 0) is 42.0 Å². The predicted molar refractivity (Wildman–Crippen MR) is 119 cm³/mol. The van der Waals surface area contributed by atoms with E-state index in [9.17, 15) is 18.5 Å². The van der Waals surface area contributed by atoms with Crippen LogP contribution in [0, 0.1) is 10.1 Å². The third-order valence-electron chi connectivity index (χ3n) is 5.65. The Bertz CT molecular complexity index is 1260. The number of nitro groups is 1. The van der Waals surface area contributed by atoms with Crippen LogP contribution in [-0.2, 0) is 16.6 Å². The first-order valence-corrected chi connectivity index (χ1v) is 11.5. The van der Waals surface area contributed by atoms with E-state index in [2.05, 4.69) is 0 Å². The van der Waals surface area contributed by atoms with E-state index < -0.39 is 21.0 Å². The molecule has 0 fully saturated rings. The van der Waals surface area contributed by atoms with Gasteiger partial charge in [-0.2, -0.15) is 4.31 Å². The summed E-state index contributed by atoms with van der Waals surface area (Å²) in [5.41, 5.74) is 1.23. The first-order chi connectivity index (χ1) is 15.8. The van der Waals surface area contributed by atoms with Gasteiger partial charge in [0.2, 0.25) is 15.8 Å². The Morgan fingerprint density at radius 3 is 2.15 bits per heavy atom. The van der Waals surface area contributed by atoms with Gasteiger partial charge in [-0.1, -0.05) is 0 Å². The number of sulfonamides is 1. The molecule has 174 valence electrons. The fraction of sp³-hybridized carbons (Fsp3) is 0.273. The lowest BCUT2D eigenvalue weighted by molar-refractivity contribution is -0.384. The molecule has 0 saturated heterocycles. The highest BCUT2D eigenvalue weighted by molar-refractivity contribution is 7.89. The van der Waals surface area contributed by atoms with Crippen molar-refractivity contribution in [2.45, 2.75) is 17.5 Å². The van der Waals surface area contributed by atoms with E-state index in [1.807, 2.05) is 22.9 Å². The highest BCUT2D eigenvalue weighted by atomic mass is 32.2. The van der Waals surface area contributed by atoms with Crippen LogP contribution in [0.5, 0.6) is 17.2 Å². The van der Waals surface area contributed by atoms with Crippen molar-refractivity contribution in [2.75, 3.05) is 27.9 Å². The van der Waals surface area contributed by atoms with Crippen LogP contribution in [0.2, 0.25) is 0 Å². The van der Waals surface area contributed by atoms with Crippen LogP contribution in [-0.4, -0.2) is 50.1 Å². The van der Waals surface area contributed by atoms with Crippen molar-refractivity contribution in [1.82, 2.24) is 8.87 Å². The predicted octanol–water partition coefficient (Wildman–Crippen LogP) is 3.22. The van der Waals surface area contributed by atoms with Crippen molar-refractivity contribution in [3.63, 3.8) is 0 Å². The Balaban J connectivity index is 1.86. The van der Waals surface area contributed by atoms with Gasteiger partial charge in [0.25, 0.3) is 5.69 Å². The molecule has 1 aliphatic heterocycles. The first kappa shape index (κ1) is 22.6. The van der Waals surface area contributed by atoms with E-state index in [4.69, 9.17) is 14.2 Å². The molecule has 10 nitrogen and oxygen atoms in total. The summed E-state index contributed by atoms with van der Waals surface area (Å²) in [4.78, 5) is 10.4. The highest BCUT2D eigenvalue weighted by Crippen LogP contribution is 2.44. The van der Waals surface area contributed by atoms with Crippen molar-refractivity contribution in [2.24, 2.45) is 0 Å². The van der Waals surface area contributed by atoms with Crippen LogP contribution in [0.15, 0.2) is 59.6 Å². The lowest BCUT2D eigenvalue weighted by atomic mass is 10.0. The second-order valence-electron chi connectivity index (χ2n) is 7.35. The quantitative estimate of drug-likeness (QED) is 0.382. The molecule has 4 rings (SSSR count). The van der Waals surface area contributed by atoms with E-state index >= 15 is 0 Å². The molecule has 0 bridgehead atoms. The summed E-state index contributed by atoms with van der Waals surface area (Å²) >= 11 is 0. The summed E-state index contributed by atoms with van der Waals surface area (Å²) in [6.45, 7) is 0.678. The molecule has 0 amide bonds. The SMILES string of the molecule is COc1cc([C@H]2c3cccn3CCN2S(=O)(=O)c2ccc([N+](=O)[O-])cc2)cc(OC)c1OC. The maximum absolute atomic E-state index is 13.7. The van der Waals surface area contributed by atoms with E-state index in [1.54, 1.807) is 12.1 Å². The second kappa shape index (κ2) is 8.75. The molecular formula is C22H23N3O7S. The molecule has 2 aromatic carbocycles. The van der Waals surface area contributed by atoms with Crippen molar-refractivity contribution < 1.29 is 27.6 Å². The molecule has 0 spiro atoms. The Labute approximate surface area is 191 Å². The summed E-state index contributed by atoms with van der Waals surface area (Å²) in [6, 6.07) is 11.4. The average Bonchev–Trinajstić information content (AvgIpc) is 3.31. The molecule has 0 radical (unpaired) electrons. The largest absolute Gasteiger partial charge is 0.493 e. The average molecular weight is 474 g/mol. The zero-order chi connectivity index (χ0) is 23.8. The van der Waals surface area contributed by atoms with Gasteiger partial charge in [-0.15, -0.1) is 0 Å². The normalized spacial score (nSPS) is 16.2. The van der Waals surface area contributed by atoms with E-state index in [-0.39, 0.29) is 17.1 Å². The van der Waals surface area contributed by atoms with Crippen LogP contribution >= 0.6 is 0 Å². The van der Waals surface area contributed by atoms with Gasteiger partial charge < -0.3 is 18.8 Å². The van der Waals surface area contributed by atoms with Crippen molar-refractivity contribution in [3.05, 3.63) is 76.1 Å². The zero-order valence-electron chi connectivity index (χ0n) is 18.3. The third-order valence-corrected chi connectivity index (χ3v) is 7.53. The minimum Gasteiger partial charge on any atom is -0.493 e. The second-order valence-corrected chi connectivity index (χ2v) is 9.24. The summed E-state index contributed by atoms with van der Waals surface area (Å²) in [7, 11) is 0.497. The van der Waals surface area contributed by atoms with E-state index in [0.29, 0.717) is 29.4 Å². The third kappa shape index (κ3) is 3.89. The molecule has 2 heterocycles. The van der Waals surface area contributed by atoms with Crippen LogP contribution in [0.4, 0.5) is 5.69 Å². The molecule has 1 atom stereocenters. The lowest BCUT2D eigenvalue weighted by Crippen LogP contribution is -2.42. The number of ether oxygens (including phenoxy) is 3. The maximum Gasteiger partial charge on any atom is 0.269 e. The fourth-order valence-electron chi connectivity index (χ4n) is 4.09. The topological polar surface area (TPSA) is 113 Å². The van der Waals surface area contributed by atoms with Gasteiger partial charge in [0, 0.05) is 37.1 Å². The molecule has 0 N–H and O–H groups in total. The number of benzene rings is 2. The molecule has 1 aromatic heterocycles. The molecular weight excluding hydrogens is 450 g/mol. The van der Waals surface area contributed by atoms with Gasteiger partial charge in [-0.25, -0.2) is 8.42 Å². The number of non-ortho nitro benzene ring substituents is 1. The Morgan fingerprint density at radius 1 is 0.970 bits per heavy atom. The monoisotopic (exact) mass is 473 g/mol. The summed E-state index contributed by atoms with van der Waals surface area (Å²) in [6.07, 6.45) is 1.90. The van der Waals surface area contributed by atoms with Gasteiger partial charge in [0.05, 0.1) is 37.2 Å². The van der Waals surface area contributed by atoms with Gasteiger partial charge in [-0.3, -0.25) is 10.1 Å². The van der Waals surface area contributed by atoms with Gasteiger partial charge in [0.15, 0.2) is 11.5 Å². The number of aromatic nitrogens is 1. The van der Waals surface area contributed by atoms with Crippen LogP contribution < -0.4 is 14.2 Å². The number of hydrogen-bond acceptors (Lipinski definition) is 7. The first-order valence-electron chi connectivity index (χ1n) is 10.0. The number of fused-ring (bicyclic) bond motifs is 1. The zero-order valence-corrected chi connectivity index (χ0v) is 19.1. The van der Waals surface area contributed by atoms with Crippen LogP contribution in [0.1, 0.15) is 17.3 Å². The number of nitro benzene ring substituents is 1. The van der Waals surface area contributed by atoms with Gasteiger partial charge >= 0.3 is 0 Å². The van der Waals surface area contributed by atoms with E-state index in [1.165, 1.54) is 49.9 Å². The summed E-state index contributed by atoms with van der Waals surface area (Å²) in [5.74, 6) is 1.21. The Morgan fingerprint density at radius 2 is 1.61 bits per heavy atom. The molecule has 0 aliphatic carbocycles. The Hall–Kier alpha value is -3.57. The van der Waals surface area contributed by atoms with Crippen molar-refractivity contribution in [3.8, 4) is 17.2 Å². The number of rotatable bonds is 7. The molecule has 0 saturated carbocycles. The molecule has 1 aliphatic rings. The standard InChI is InChI=1S/C22H23N3O7S/c1-30-19-13-15(14-20(31-2)22(19)32-3)21-18-5-4-10-23(18)11-12-24(21)33(28,29)17-8-6-16(7-9-17)25(26)27/h4-10,13-14,21H,11-12H2,1-3H3/t21-/m0/s1. The Kier molecular flexibility index (Phi) is 6.00. The number of methoxy groups -OCH3 is 3. The van der Waals surface area contributed by atoms with Crippen molar-refractivity contribution in [1.29, 1.82) is 0 Å². The molecule has 11 heteroatoms. The number of hydrogen-bond donors (Lipinski definition) is 0. The summed E-state index contributed by atoms with van der Waals surface area (Å²) < 4.78 is 47.1. The summed E-state index contributed by atoms with van der Waals surface area (Å²) in [5, 5.41) is 11.0. The minimum absolute atomic E-state index is 0.0226. The van der Waals surface area contributed by atoms with Gasteiger partial charge in [0.1, 0.15) is 0 Å². The smallest absolute Gasteiger partial charge is 0.269 e. The number of nitrogens with zero attached hydrogens (tertiary/aromatic N) is 3. The maximum atomic E-state index is 13.7. The molecule has 0 unspecified atom stereocenters. The minimum atomic E-state index is -3.99. The van der Waals surface area contributed by atoms with E-state index in [0.717, 1.165) is 5.69 Å². The highest BCUT2D eigenvalue weighted by Gasteiger charge is 2.38. The fourth-order valence-corrected chi connectivity index (χ4v) is 5.67. The lowest BCUT2D eigenvalue weighted by Gasteiger charge is -2.36. The molecule has 33 heavy (non-hydrogen) atoms. The van der Waals surface area contributed by atoms with Crippen LogP contribution in [0.25, 0.3) is 0 Å². The van der Waals surface area contributed by atoms with Crippen molar-refractivity contribution >= 4 is 15.7 Å². The van der Waals surface area contributed by atoms with Crippen LogP contribution in [0.3, 0.4) is 0 Å². The molecule has 3 aromatic rings.